The topological polar surface area (TPSA) is 91.6 Å². The number of carbonyl (C=O) groups is 2. The Hall–Kier alpha value is -3.04. The van der Waals surface area contributed by atoms with Gasteiger partial charge in [-0.3, -0.25) is 9.59 Å². The summed E-state index contributed by atoms with van der Waals surface area (Å²) in [6.07, 6.45) is 1.37. The lowest BCUT2D eigenvalue weighted by atomic mass is 9.98. The molecule has 0 saturated heterocycles. The zero-order valence-electron chi connectivity index (χ0n) is 13.7. The van der Waals surface area contributed by atoms with Crippen molar-refractivity contribution in [3.63, 3.8) is 0 Å². The molecule has 3 N–H and O–H groups in total. The normalized spacial score (nSPS) is 13.0. The third-order valence-electron chi connectivity index (χ3n) is 3.75. The van der Waals surface area contributed by atoms with Crippen LogP contribution in [0.2, 0.25) is 0 Å². The average Bonchev–Trinajstić information content (AvgIpc) is 3.36. The summed E-state index contributed by atoms with van der Waals surface area (Å²) < 4.78 is 32.0. The Balaban J connectivity index is 1.71. The molecule has 2 aromatic heterocycles. The van der Waals surface area contributed by atoms with Crippen molar-refractivity contribution < 1.29 is 27.9 Å². The van der Waals surface area contributed by atoms with Crippen LogP contribution in [0, 0.1) is 11.6 Å². The van der Waals surface area contributed by atoms with Gasteiger partial charge in [-0.15, -0.1) is 11.3 Å². The van der Waals surface area contributed by atoms with Gasteiger partial charge in [-0.05, 0) is 35.7 Å². The van der Waals surface area contributed by atoms with E-state index in [9.17, 15) is 23.5 Å². The number of anilines is 1. The molecule has 0 fully saturated rings. The van der Waals surface area contributed by atoms with E-state index in [1.54, 1.807) is 23.6 Å². The van der Waals surface area contributed by atoms with Gasteiger partial charge in [0.2, 0.25) is 0 Å². The van der Waals surface area contributed by atoms with E-state index in [-0.39, 0.29) is 12.3 Å². The van der Waals surface area contributed by atoms with Crippen LogP contribution in [0.15, 0.2) is 58.5 Å². The van der Waals surface area contributed by atoms with Crippen LogP contribution in [0.1, 0.15) is 10.6 Å². The summed E-state index contributed by atoms with van der Waals surface area (Å²) in [6, 6.07) is 8.95. The SMILES string of the molecule is O=C(NC[C@](O)(c1ccco1)c1cccs1)C(=O)Nc1cc(F)ccc1F. The maximum absolute atomic E-state index is 13.6. The summed E-state index contributed by atoms with van der Waals surface area (Å²) in [4.78, 5) is 24.5. The second-order valence-corrected chi connectivity index (χ2v) is 6.52. The number of hydrogen-bond acceptors (Lipinski definition) is 5. The lowest BCUT2D eigenvalue weighted by Crippen LogP contribution is -2.44. The van der Waals surface area contributed by atoms with E-state index in [0.717, 1.165) is 18.2 Å². The maximum Gasteiger partial charge on any atom is 0.313 e. The molecule has 0 aliphatic rings. The van der Waals surface area contributed by atoms with Gasteiger partial charge in [0.25, 0.3) is 0 Å². The predicted octanol–water partition coefficient (Wildman–Crippen LogP) is 2.61. The highest BCUT2D eigenvalue weighted by Crippen LogP contribution is 2.32. The van der Waals surface area contributed by atoms with Crippen LogP contribution >= 0.6 is 11.3 Å². The minimum absolute atomic E-state index is 0.182. The zero-order chi connectivity index (χ0) is 19.4. The standard InChI is InChI=1S/C18H14F2N2O4S/c19-11-5-6-12(20)13(9-11)22-17(24)16(23)21-10-18(25,14-3-1-7-26-14)15-4-2-8-27-15/h1-9,25H,10H2,(H,21,23)(H,22,24)/t18-/m0/s1. The number of thiophene rings is 1. The van der Waals surface area contributed by atoms with Crippen LogP contribution in [-0.4, -0.2) is 23.5 Å². The van der Waals surface area contributed by atoms with Crippen LogP contribution in [0.5, 0.6) is 0 Å². The van der Waals surface area contributed by atoms with Crippen LogP contribution in [-0.2, 0) is 15.2 Å². The van der Waals surface area contributed by atoms with E-state index in [2.05, 4.69) is 5.32 Å². The van der Waals surface area contributed by atoms with Crippen molar-refractivity contribution in [2.24, 2.45) is 0 Å². The fourth-order valence-electron chi connectivity index (χ4n) is 2.38. The largest absolute Gasteiger partial charge is 0.466 e. The number of carbonyl (C=O) groups excluding carboxylic acids is 2. The monoisotopic (exact) mass is 392 g/mol. The summed E-state index contributed by atoms with van der Waals surface area (Å²) in [7, 11) is 0. The van der Waals surface area contributed by atoms with Gasteiger partial charge < -0.3 is 20.2 Å². The summed E-state index contributed by atoms with van der Waals surface area (Å²) >= 11 is 1.24. The third kappa shape index (κ3) is 4.04. The molecule has 0 spiro atoms. The summed E-state index contributed by atoms with van der Waals surface area (Å²) in [6.45, 7) is -0.362. The van der Waals surface area contributed by atoms with Gasteiger partial charge in [0.05, 0.1) is 18.5 Å². The number of benzene rings is 1. The summed E-state index contributed by atoms with van der Waals surface area (Å²) in [5, 5.41) is 17.0. The first-order chi connectivity index (χ1) is 12.9. The van der Waals surface area contributed by atoms with E-state index in [1.807, 2.05) is 5.32 Å². The second kappa shape index (κ2) is 7.68. The molecule has 140 valence electrons. The molecule has 0 aliphatic carbocycles. The lowest BCUT2D eigenvalue weighted by molar-refractivity contribution is -0.136. The Bertz CT molecular complexity index is 908. The van der Waals surface area contributed by atoms with Gasteiger partial charge in [-0.1, -0.05) is 6.07 Å². The van der Waals surface area contributed by atoms with Crippen molar-refractivity contribution in [3.05, 3.63) is 76.4 Å². The van der Waals surface area contributed by atoms with E-state index >= 15 is 0 Å². The fraction of sp³-hybridized carbons (Fsp3) is 0.111. The van der Waals surface area contributed by atoms with Crippen molar-refractivity contribution in [2.75, 3.05) is 11.9 Å². The van der Waals surface area contributed by atoms with Gasteiger partial charge in [-0.2, -0.15) is 0 Å². The predicted molar refractivity (Wildman–Crippen MR) is 94.0 cm³/mol. The Morgan fingerprint density at radius 1 is 1.15 bits per heavy atom. The first-order valence-corrected chi connectivity index (χ1v) is 8.62. The quantitative estimate of drug-likeness (QED) is 0.582. The summed E-state index contributed by atoms with van der Waals surface area (Å²) in [5.74, 6) is -3.80. The lowest BCUT2D eigenvalue weighted by Gasteiger charge is -2.25. The third-order valence-corrected chi connectivity index (χ3v) is 4.77. The van der Waals surface area contributed by atoms with E-state index in [0.29, 0.717) is 4.88 Å². The second-order valence-electron chi connectivity index (χ2n) is 5.58. The molecule has 1 atom stereocenters. The first kappa shape index (κ1) is 18.7. The Kier molecular flexibility index (Phi) is 5.33. The van der Waals surface area contributed by atoms with E-state index in [1.165, 1.54) is 23.7 Å². The molecule has 2 heterocycles. The van der Waals surface area contributed by atoms with Crippen molar-refractivity contribution in [1.82, 2.24) is 5.32 Å². The van der Waals surface area contributed by atoms with Gasteiger partial charge in [0, 0.05) is 10.9 Å². The molecule has 0 bridgehead atoms. The number of halogens is 2. The molecule has 0 unspecified atom stereocenters. The highest BCUT2D eigenvalue weighted by Gasteiger charge is 2.36. The number of rotatable bonds is 5. The minimum Gasteiger partial charge on any atom is -0.466 e. The number of furan rings is 1. The Morgan fingerprint density at radius 2 is 1.96 bits per heavy atom. The number of hydrogen-bond donors (Lipinski definition) is 3. The van der Waals surface area contributed by atoms with E-state index in [4.69, 9.17) is 4.42 Å². The molecule has 3 aromatic rings. The van der Waals surface area contributed by atoms with Gasteiger partial charge >= 0.3 is 11.8 Å². The van der Waals surface area contributed by atoms with Gasteiger partial charge in [0.1, 0.15) is 17.4 Å². The smallest absolute Gasteiger partial charge is 0.313 e. The molecule has 3 rings (SSSR count). The highest BCUT2D eigenvalue weighted by molar-refractivity contribution is 7.10. The average molecular weight is 392 g/mol. The molecule has 27 heavy (non-hydrogen) atoms. The molecule has 9 heteroatoms. The maximum atomic E-state index is 13.6. The van der Waals surface area contributed by atoms with Crippen LogP contribution < -0.4 is 10.6 Å². The molecule has 0 saturated carbocycles. The molecular formula is C18H14F2N2O4S. The van der Waals surface area contributed by atoms with Crippen molar-refractivity contribution in [3.8, 4) is 0 Å². The minimum atomic E-state index is -1.68. The highest BCUT2D eigenvalue weighted by atomic mass is 32.1. The zero-order valence-corrected chi connectivity index (χ0v) is 14.6. The molecule has 2 amide bonds. The Labute approximate surface area is 156 Å². The van der Waals surface area contributed by atoms with Gasteiger partial charge in [0.15, 0.2) is 5.60 Å². The molecule has 0 radical (unpaired) electrons. The molecule has 1 aromatic carbocycles. The van der Waals surface area contributed by atoms with E-state index < -0.39 is 34.7 Å². The number of nitrogens with one attached hydrogen (secondary N) is 2. The fourth-order valence-corrected chi connectivity index (χ4v) is 3.21. The van der Waals surface area contributed by atoms with Crippen LogP contribution in [0.3, 0.4) is 0 Å². The van der Waals surface area contributed by atoms with Crippen LogP contribution in [0.4, 0.5) is 14.5 Å². The van der Waals surface area contributed by atoms with Crippen molar-refractivity contribution in [2.45, 2.75) is 5.60 Å². The van der Waals surface area contributed by atoms with Gasteiger partial charge in [-0.25, -0.2) is 8.78 Å². The number of aliphatic hydroxyl groups is 1. The van der Waals surface area contributed by atoms with Crippen molar-refractivity contribution >= 4 is 28.8 Å². The summed E-state index contributed by atoms with van der Waals surface area (Å²) in [5.41, 5.74) is -2.15. The molecule has 0 aliphatic heterocycles. The van der Waals surface area contributed by atoms with Crippen molar-refractivity contribution in [1.29, 1.82) is 0 Å². The first-order valence-electron chi connectivity index (χ1n) is 7.75. The van der Waals surface area contributed by atoms with Crippen LogP contribution in [0.25, 0.3) is 0 Å². The Morgan fingerprint density at radius 3 is 2.63 bits per heavy atom. The molecule has 6 nitrogen and oxygen atoms in total. The molecular weight excluding hydrogens is 378 g/mol. The number of amides is 2.